The molecule has 0 fully saturated rings. The van der Waals surface area contributed by atoms with E-state index < -0.39 is 15.9 Å². The maximum Gasteiger partial charge on any atom is 0.221 e. The van der Waals surface area contributed by atoms with Gasteiger partial charge in [-0.05, 0) is 17.7 Å². The maximum absolute atomic E-state index is 12.0. The zero-order valence-corrected chi connectivity index (χ0v) is 13.1. The van der Waals surface area contributed by atoms with E-state index in [4.69, 9.17) is 0 Å². The van der Waals surface area contributed by atoms with Crippen LogP contribution < -0.4 is 5.32 Å². The van der Waals surface area contributed by atoms with Gasteiger partial charge in [0, 0.05) is 18.9 Å². The first-order valence-corrected chi connectivity index (χ1v) is 8.95. The van der Waals surface area contributed by atoms with Crippen LogP contribution in [0.15, 0.2) is 54.7 Å². The summed E-state index contributed by atoms with van der Waals surface area (Å²) in [5.74, 6) is -0.479. The van der Waals surface area contributed by atoms with Gasteiger partial charge in [0.2, 0.25) is 5.91 Å². The number of amides is 1. The van der Waals surface area contributed by atoms with Crippen LogP contribution in [0.25, 0.3) is 0 Å². The third kappa shape index (κ3) is 4.96. The Labute approximate surface area is 130 Å². The molecule has 22 heavy (non-hydrogen) atoms. The lowest BCUT2D eigenvalue weighted by Gasteiger charge is -2.18. The molecule has 1 amide bonds. The summed E-state index contributed by atoms with van der Waals surface area (Å²) in [6.45, 7) is 0. The quantitative estimate of drug-likeness (QED) is 0.880. The van der Waals surface area contributed by atoms with Crippen molar-refractivity contribution in [3.63, 3.8) is 0 Å². The van der Waals surface area contributed by atoms with Gasteiger partial charge in [-0.3, -0.25) is 9.78 Å². The number of nitrogens with zero attached hydrogens (tertiary/aromatic N) is 1. The van der Waals surface area contributed by atoms with E-state index in [-0.39, 0.29) is 18.1 Å². The first kappa shape index (κ1) is 16.2. The summed E-state index contributed by atoms with van der Waals surface area (Å²) in [6, 6.07) is 14.5. The molecular formula is C16H18N2O3S. The minimum atomic E-state index is -3.16. The average Bonchev–Trinajstić information content (AvgIpc) is 2.52. The number of carbonyl (C=O) groups excluding carboxylic acids is 1. The molecule has 0 bridgehead atoms. The molecule has 2 rings (SSSR count). The molecule has 0 saturated heterocycles. The van der Waals surface area contributed by atoms with Crippen molar-refractivity contribution < 1.29 is 13.2 Å². The van der Waals surface area contributed by atoms with Gasteiger partial charge in [0.1, 0.15) is 9.84 Å². The van der Waals surface area contributed by atoms with Crippen LogP contribution in [0.5, 0.6) is 0 Å². The zero-order chi connectivity index (χ0) is 16.0. The van der Waals surface area contributed by atoms with Gasteiger partial charge in [-0.25, -0.2) is 8.42 Å². The second kappa shape index (κ2) is 7.17. The van der Waals surface area contributed by atoms with E-state index in [1.54, 1.807) is 12.3 Å². The molecule has 0 aliphatic heterocycles. The minimum Gasteiger partial charge on any atom is -0.344 e. The van der Waals surface area contributed by atoms with Gasteiger partial charge in [-0.1, -0.05) is 36.4 Å². The number of aromatic nitrogens is 1. The SMILES string of the molecule is CS(=O)(=O)CCC(=O)NC(c1ccccc1)c1ccccn1. The Balaban J connectivity index is 2.18. The highest BCUT2D eigenvalue weighted by Crippen LogP contribution is 2.20. The number of hydrogen-bond acceptors (Lipinski definition) is 4. The van der Waals surface area contributed by atoms with E-state index in [0.717, 1.165) is 11.8 Å². The lowest BCUT2D eigenvalue weighted by molar-refractivity contribution is -0.121. The van der Waals surface area contributed by atoms with Crippen LogP contribution in [0.2, 0.25) is 0 Å². The number of pyridine rings is 1. The number of nitrogens with one attached hydrogen (secondary N) is 1. The molecule has 1 atom stereocenters. The zero-order valence-electron chi connectivity index (χ0n) is 12.3. The predicted octanol–water partition coefficient (Wildman–Crippen LogP) is 1.72. The molecule has 1 heterocycles. The molecule has 5 nitrogen and oxygen atoms in total. The molecule has 1 N–H and O–H groups in total. The monoisotopic (exact) mass is 318 g/mol. The largest absolute Gasteiger partial charge is 0.344 e. The van der Waals surface area contributed by atoms with Crippen LogP contribution >= 0.6 is 0 Å². The smallest absolute Gasteiger partial charge is 0.221 e. The van der Waals surface area contributed by atoms with Gasteiger partial charge in [0.25, 0.3) is 0 Å². The van der Waals surface area contributed by atoms with Crippen molar-refractivity contribution in [2.75, 3.05) is 12.0 Å². The third-order valence-corrected chi connectivity index (χ3v) is 4.07. The van der Waals surface area contributed by atoms with Crippen molar-refractivity contribution in [1.29, 1.82) is 0 Å². The third-order valence-electron chi connectivity index (χ3n) is 3.12. The maximum atomic E-state index is 12.0. The van der Waals surface area contributed by atoms with Crippen molar-refractivity contribution in [2.45, 2.75) is 12.5 Å². The summed E-state index contributed by atoms with van der Waals surface area (Å²) < 4.78 is 22.3. The summed E-state index contributed by atoms with van der Waals surface area (Å²) in [5, 5.41) is 2.86. The highest BCUT2D eigenvalue weighted by atomic mass is 32.2. The van der Waals surface area contributed by atoms with Crippen LogP contribution in [-0.4, -0.2) is 31.3 Å². The van der Waals surface area contributed by atoms with Crippen LogP contribution in [0.3, 0.4) is 0 Å². The molecule has 6 heteroatoms. The molecule has 0 aliphatic rings. The Morgan fingerprint density at radius 1 is 1.14 bits per heavy atom. The van der Waals surface area contributed by atoms with Gasteiger partial charge in [-0.2, -0.15) is 0 Å². The predicted molar refractivity (Wildman–Crippen MR) is 85.0 cm³/mol. The van der Waals surface area contributed by atoms with Gasteiger partial charge in [0.15, 0.2) is 0 Å². The second-order valence-corrected chi connectivity index (χ2v) is 7.31. The average molecular weight is 318 g/mol. The van der Waals surface area contributed by atoms with Crippen LogP contribution in [0, 0.1) is 0 Å². The van der Waals surface area contributed by atoms with E-state index in [1.807, 2.05) is 42.5 Å². The van der Waals surface area contributed by atoms with E-state index >= 15 is 0 Å². The fraction of sp³-hybridized carbons (Fsp3) is 0.250. The normalized spacial score (nSPS) is 12.6. The molecule has 2 aromatic rings. The first-order valence-electron chi connectivity index (χ1n) is 6.89. The molecule has 0 saturated carbocycles. The molecule has 1 unspecified atom stereocenters. The lowest BCUT2D eigenvalue weighted by Crippen LogP contribution is -2.31. The standard InChI is InChI=1S/C16H18N2O3S/c1-22(20,21)12-10-15(19)18-16(13-7-3-2-4-8-13)14-9-5-6-11-17-14/h2-9,11,16H,10,12H2,1H3,(H,18,19). The van der Waals surface area contributed by atoms with Gasteiger partial charge < -0.3 is 5.32 Å². The Kier molecular flexibility index (Phi) is 5.27. The van der Waals surface area contributed by atoms with Crippen molar-refractivity contribution in [3.05, 3.63) is 66.0 Å². The number of rotatable bonds is 6. The Hall–Kier alpha value is -2.21. The molecule has 0 spiro atoms. The number of hydrogen-bond donors (Lipinski definition) is 1. The first-order chi connectivity index (χ1) is 10.5. The van der Waals surface area contributed by atoms with Gasteiger partial charge in [-0.15, -0.1) is 0 Å². The lowest BCUT2D eigenvalue weighted by atomic mass is 10.0. The summed E-state index contributed by atoms with van der Waals surface area (Å²) >= 11 is 0. The van der Waals surface area contributed by atoms with E-state index in [2.05, 4.69) is 10.3 Å². The molecule has 0 aliphatic carbocycles. The molecular weight excluding hydrogens is 300 g/mol. The summed E-state index contributed by atoms with van der Waals surface area (Å²) in [7, 11) is -3.16. The Morgan fingerprint density at radius 3 is 2.41 bits per heavy atom. The summed E-state index contributed by atoms with van der Waals surface area (Å²) in [4.78, 5) is 16.3. The van der Waals surface area contributed by atoms with E-state index in [0.29, 0.717) is 5.69 Å². The van der Waals surface area contributed by atoms with Crippen LogP contribution in [0.1, 0.15) is 23.7 Å². The number of sulfone groups is 1. The summed E-state index contributed by atoms with van der Waals surface area (Å²) in [6.07, 6.45) is 2.72. The highest BCUT2D eigenvalue weighted by molar-refractivity contribution is 7.90. The van der Waals surface area contributed by atoms with Crippen molar-refractivity contribution in [1.82, 2.24) is 10.3 Å². The second-order valence-electron chi connectivity index (χ2n) is 5.05. The number of benzene rings is 1. The topological polar surface area (TPSA) is 76.1 Å². The molecule has 0 radical (unpaired) electrons. The fourth-order valence-electron chi connectivity index (χ4n) is 2.03. The van der Waals surface area contributed by atoms with E-state index in [9.17, 15) is 13.2 Å². The molecule has 1 aromatic carbocycles. The molecule has 116 valence electrons. The fourth-order valence-corrected chi connectivity index (χ4v) is 2.59. The van der Waals surface area contributed by atoms with Crippen molar-refractivity contribution in [2.24, 2.45) is 0 Å². The Morgan fingerprint density at radius 2 is 1.82 bits per heavy atom. The number of carbonyl (C=O) groups is 1. The van der Waals surface area contributed by atoms with Crippen molar-refractivity contribution in [3.8, 4) is 0 Å². The minimum absolute atomic E-state index is 0.0605. The van der Waals surface area contributed by atoms with Crippen LogP contribution in [0.4, 0.5) is 0 Å². The van der Waals surface area contributed by atoms with Crippen LogP contribution in [-0.2, 0) is 14.6 Å². The highest BCUT2D eigenvalue weighted by Gasteiger charge is 2.18. The molecule has 1 aromatic heterocycles. The van der Waals surface area contributed by atoms with Gasteiger partial charge in [0.05, 0.1) is 17.5 Å². The van der Waals surface area contributed by atoms with Crippen molar-refractivity contribution >= 4 is 15.7 Å². The van der Waals surface area contributed by atoms with E-state index in [1.165, 1.54) is 0 Å². The summed E-state index contributed by atoms with van der Waals surface area (Å²) in [5.41, 5.74) is 1.61. The van der Waals surface area contributed by atoms with Gasteiger partial charge >= 0.3 is 0 Å². The Bertz CT molecular complexity index is 676.